The third-order valence-electron chi connectivity index (χ3n) is 3.79. The highest BCUT2D eigenvalue weighted by Crippen LogP contribution is 2.40. The minimum absolute atomic E-state index is 0.213. The molecule has 1 fully saturated rings. The van der Waals surface area contributed by atoms with E-state index in [2.05, 4.69) is 15.5 Å². The lowest BCUT2D eigenvalue weighted by molar-refractivity contribution is 0.0941. The van der Waals surface area contributed by atoms with Crippen molar-refractivity contribution in [3.05, 3.63) is 58.9 Å². The third-order valence-corrected chi connectivity index (χ3v) is 4.68. The Hall–Kier alpha value is -2.47. The molecule has 3 heterocycles. The second-order valence-corrected chi connectivity index (χ2v) is 6.55. The maximum absolute atomic E-state index is 12.1. The summed E-state index contributed by atoms with van der Waals surface area (Å²) in [7, 11) is 0. The Bertz CT molecular complexity index is 822. The first-order valence-electron chi connectivity index (χ1n) is 7.53. The minimum atomic E-state index is -0.213. The molecule has 0 atom stereocenters. The average Bonchev–Trinajstić information content (AvgIpc) is 3.09. The van der Waals surface area contributed by atoms with Crippen LogP contribution in [0.1, 0.15) is 40.6 Å². The van der Waals surface area contributed by atoms with Gasteiger partial charge < -0.3 is 9.84 Å². The van der Waals surface area contributed by atoms with Gasteiger partial charge in [0.2, 0.25) is 0 Å². The van der Waals surface area contributed by atoms with E-state index in [4.69, 9.17) is 4.52 Å². The monoisotopic (exact) mass is 325 g/mol. The van der Waals surface area contributed by atoms with Gasteiger partial charge in [0.15, 0.2) is 5.69 Å². The lowest BCUT2D eigenvalue weighted by Gasteiger charge is -2.04. The Morgan fingerprint density at radius 2 is 2.26 bits per heavy atom. The predicted molar refractivity (Wildman–Crippen MR) is 87.2 cm³/mol. The quantitative estimate of drug-likeness (QED) is 0.778. The summed E-state index contributed by atoms with van der Waals surface area (Å²) in [5.41, 5.74) is 2.27. The summed E-state index contributed by atoms with van der Waals surface area (Å²) in [5, 5.41) is 8.75. The van der Waals surface area contributed by atoms with Crippen LogP contribution >= 0.6 is 11.3 Å². The van der Waals surface area contributed by atoms with Gasteiger partial charge in [-0.15, -0.1) is 11.3 Å². The predicted octanol–water partition coefficient (Wildman–Crippen LogP) is 3.61. The van der Waals surface area contributed by atoms with Gasteiger partial charge >= 0.3 is 0 Å². The molecule has 0 aromatic carbocycles. The fraction of sp³-hybridized carbons (Fsp3) is 0.235. The van der Waals surface area contributed by atoms with Gasteiger partial charge in [-0.3, -0.25) is 9.78 Å². The fourth-order valence-corrected chi connectivity index (χ4v) is 3.07. The number of hydrogen-bond acceptors (Lipinski definition) is 5. The zero-order valence-electron chi connectivity index (χ0n) is 12.4. The molecule has 4 rings (SSSR count). The molecule has 0 radical (unpaired) electrons. The van der Waals surface area contributed by atoms with Crippen molar-refractivity contribution < 1.29 is 9.32 Å². The number of hydrogen-bond donors (Lipinski definition) is 1. The zero-order valence-corrected chi connectivity index (χ0v) is 13.2. The first kappa shape index (κ1) is 14.1. The van der Waals surface area contributed by atoms with Crippen LogP contribution in [0.2, 0.25) is 0 Å². The van der Waals surface area contributed by atoms with E-state index in [-0.39, 0.29) is 5.91 Å². The summed E-state index contributed by atoms with van der Waals surface area (Å²) in [6, 6.07) is 9.67. The van der Waals surface area contributed by atoms with Crippen molar-refractivity contribution in [1.82, 2.24) is 15.5 Å². The van der Waals surface area contributed by atoms with Crippen molar-refractivity contribution in [1.29, 1.82) is 0 Å². The molecule has 3 aromatic rings. The molecule has 0 aliphatic heterocycles. The Morgan fingerprint density at radius 3 is 3.04 bits per heavy atom. The van der Waals surface area contributed by atoms with E-state index in [0.29, 0.717) is 18.2 Å². The Balaban J connectivity index is 1.42. The number of nitrogens with zero attached hydrogens (tertiary/aromatic N) is 2. The van der Waals surface area contributed by atoms with Crippen LogP contribution in [0.15, 0.2) is 46.4 Å². The summed E-state index contributed by atoms with van der Waals surface area (Å²) < 4.78 is 5.21. The van der Waals surface area contributed by atoms with E-state index < -0.39 is 0 Å². The highest BCUT2D eigenvalue weighted by molar-refractivity contribution is 7.13. The fourth-order valence-electron chi connectivity index (χ4n) is 2.37. The largest absolute Gasteiger partial charge is 0.360 e. The highest BCUT2D eigenvalue weighted by Gasteiger charge is 2.28. The summed E-state index contributed by atoms with van der Waals surface area (Å²) in [4.78, 5) is 17.6. The van der Waals surface area contributed by atoms with Gasteiger partial charge in [-0.25, -0.2) is 0 Å². The topological polar surface area (TPSA) is 68.0 Å². The molecule has 6 heteroatoms. The van der Waals surface area contributed by atoms with E-state index in [1.54, 1.807) is 23.6 Å². The molecular formula is C17H15N3O2S. The maximum Gasteiger partial charge on any atom is 0.273 e. The molecule has 0 unspecified atom stereocenters. The van der Waals surface area contributed by atoms with E-state index in [1.165, 1.54) is 0 Å². The van der Waals surface area contributed by atoms with E-state index in [0.717, 1.165) is 34.7 Å². The Morgan fingerprint density at radius 1 is 1.35 bits per heavy atom. The summed E-state index contributed by atoms with van der Waals surface area (Å²) in [5.74, 6) is 1.06. The first-order valence-corrected chi connectivity index (χ1v) is 8.41. The average molecular weight is 325 g/mol. The molecule has 23 heavy (non-hydrogen) atoms. The minimum Gasteiger partial charge on any atom is -0.360 e. The number of aromatic nitrogens is 2. The van der Waals surface area contributed by atoms with Crippen molar-refractivity contribution in [2.45, 2.75) is 25.3 Å². The van der Waals surface area contributed by atoms with Crippen LogP contribution in [0.3, 0.4) is 0 Å². The highest BCUT2D eigenvalue weighted by atomic mass is 32.1. The molecule has 1 aliphatic rings. The number of thiophene rings is 1. The molecule has 0 bridgehead atoms. The Kier molecular flexibility index (Phi) is 3.67. The molecule has 0 saturated heterocycles. The maximum atomic E-state index is 12.1. The van der Waals surface area contributed by atoms with Crippen LogP contribution in [-0.4, -0.2) is 16.0 Å². The lowest BCUT2D eigenvalue weighted by Crippen LogP contribution is -2.23. The molecular weight excluding hydrogens is 310 g/mol. The number of carbonyl (C=O) groups excluding carboxylic acids is 1. The van der Waals surface area contributed by atoms with Gasteiger partial charge in [-0.1, -0.05) is 11.2 Å². The SMILES string of the molecule is O=C(NCc1ccnc(-c2cccs2)c1)c1cc(C2CC2)on1. The van der Waals surface area contributed by atoms with Crippen molar-refractivity contribution in [3.8, 4) is 10.6 Å². The zero-order chi connectivity index (χ0) is 15.6. The lowest BCUT2D eigenvalue weighted by atomic mass is 10.2. The second-order valence-electron chi connectivity index (χ2n) is 5.60. The van der Waals surface area contributed by atoms with Crippen LogP contribution < -0.4 is 5.32 Å². The molecule has 116 valence electrons. The van der Waals surface area contributed by atoms with Gasteiger partial charge in [-0.05, 0) is 42.0 Å². The smallest absolute Gasteiger partial charge is 0.273 e. The number of rotatable bonds is 5. The molecule has 1 N–H and O–H groups in total. The van der Waals surface area contributed by atoms with Gasteiger partial charge in [0.25, 0.3) is 5.91 Å². The first-order chi connectivity index (χ1) is 11.3. The van der Waals surface area contributed by atoms with Gasteiger partial charge in [-0.2, -0.15) is 0 Å². The number of carbonyl (C=O) groups is 1. The normalized spacial score (nSPS) is 13.9. The summed E-state index contributed by atoms with van der Waals surface area (Å²) in [6.07, 6.45) is 4.01. The summed E-state index contributed by atoms with van der Waals surface area (Å²) >= 11 is 1.65. The Labute approximate surface area is 137 Å². The second kappa shape index (κ2) is 5.96. The number of pyridine rings is 1. The molecule has 1 amide bonds. The van der Waals surface area contributed by atoms with Crippen LogP contribution in [0.5, 0.6) is 0 Å². The van der Waals surface area contributed by atoms with E-state index >= 15 is 0 Å². The molecule has 1 saturated carbocycles. The van der Waals surface area contributed by atoms with E-state index in [1.807, 2.05) is 29.6 Å². The number of amides is 1. The van der Waals surface area contributed by atoms with Gasteiger partial charge in [0.05, 0.1) is 10.6 Å². The van der Waals surface area contributed by atoms with Crippen molar-refractivity contribution in [3.63, 3.8) is 0 Å². The van der Waals surface area contributed by atoms with Gasteiger partial charge in [0, 0.05) is 24.7 Å². The van der Waals surface area contributed by atoms with Crippen LogP contribution in [-0.2, 0) is 6.54 Å². The standard InChI is InChI=1S/C17H15N3O2S/c21-17(14-9-15(22-20-14)12-3-4-12)19-10-11-5-6-18-13(8-11)16-2-1-7-23-16/h1-2,5-9,12H,3-4,10H2,(H,19,21). The summed E-state index contributed by atoms with van der Waals surface area (Å²) in [6.45, 7) is 0.436. The van der Waals surface area contributed by atoms with Crippen molar-refractivity contribution in [2.75, 3.05) is 0 Å². The molecule has 1 aliphatic carbocycles. The van der Waals surface area contributed by atoms with Crippen molar-refractivity contribution in [2.24, 2.45) is 0 Å². The molecule has 3 aromatic heterocycles. The van der Waals surface area contributed by atoms with E-state index in [9.17, 15) is 4.79 Å². The molecule has 5 nitrogen and oxygen atoms in total. The van der Waals surface area contributed by atoms with Crippen LogP contribution in [0.4, 0.5) is 0 Å². The van der Waals surface area contributed by atoms with Gasteiger partial charge in [0.1, 0.15) is 5.76 Å². The van der Waals surface area contributed by atoms with Crippen LogP contribution in [0, 0.1) is 0 Å². The number of nitrogens with one attached hydrogen (secondary N) is 1. The van der Waals surface area contributed by atoms with Crippen molar-refractivity contribution >= 4 is 17.2 Å². The molecule has 0 spiro atoms. The van der Waals surface area contributed by atoms with Crippen LogP contribution in [0.25, 0.3) is 10.6 Å². The third kappa shape index (κ3) is 3.17.